The lowest BCUT2D eigenvalue weighted by atomic mass is 9.85. The Labute approximate surface area is 171 Å². The van der Waals surface area contributed by atoms with Crippen molar-refractivity contribution in [2.24, 2.45) is 23.7 Å². The number of ether oxygens (including phenoxy) is 1. The van der Waals surface area contributed by atoms with Crippen molar-refractivity contribution in [3.63, 3.8) is 0 Å². The molecule has 1 aromatic carbocycles. The number of anilines is 1. The third kappa shape index (κ3) is 2.77. The summed E-state index contributed by atoms with van der Waals surface area (Å²) in [5.74, 6) is -0.457. The zero-order valence-corrected chi connectivity index (χ0v) is 16.9. The number of likely N-dealkylation sites (tertiary alicyclic amines) is 1. The van der Waals surface area contributed by atoms with E-state index in [0.717, 1.165) is 27.3 Å². The van der Waals surface area contributed by atoms with E-state index >= 15 is 0 Å². The lowest BCUT2D eigenvalue weighted by Crippen LogP contribution is -2.46. The molecule has 150 valence electrons. The van der Waals surface area contributed by atoms with Crippen molar-refractivity contribution < 1.29 is 19.1 Å². The van der Waals surface area contributed by atoms with Crippen molar-refractivity contribution in [2.45, 2.75) is 26.3 Å². The number of benzene rings is 1. The minimum absolute atomic E-state index is 0.130. The zero-order valence-electron chi connectivity index (χ0n) is 16.1. The highest BCUT2D eigenvalue weighted by atomic mass is 32.1. The molecule has 1 saturated carbocycles. The molecule has 2 fully saturated rings. The van der Waals surface area contributed by atoms with Gasteiger partial charge in [0.05, 0.1) is 28.7 Å². The molecule has 1 aliphatic heterocycles. The van der Waals surface area contributed by atoms with Gasteiger partial charge in [-0.3, -0.25) is 19.3 Å². The van der Waals surface area contributed by atoms with Crippen molar-refractivity contribution in [3.8, 4) is 5.75 Å². The third-order valence-corrected chi connectivity index (χ3v) is 7.12. The monoisotopic (exact) mass is 411 g/mol. The van der Waals surface area contributed by atoms with Crippen LogP contribution in [0.1, 0.15) is 20.3 Å². The predicted molar refractivity (Wildman–Crippen MR) is 108 cm³/mol. The summed E-state index contributed by atoms with van der Waals surface area (Å²) in [7, 11) is 0. The molecule has 3 amide bonds. The van der Waals surface area contributed by atoms with Gasteiger partial charge in [-0.25, -0.2) is 4.98 Å². The fourth-order valence-corrected chi connectivity index (χ4v) is 5.70. The molecular formula is C21H21N3O4S. The number of allylic oxidation sites excluding steroid dienone is 2. The molecule has 0 radical (unpaired) electrons. The van der Waals surface area contributed by atoms with Gasteiger partial charge in [0.25, 0.3) is 0 Å². The molecule has 3 aliphatic rings. The van der Waals surface area contributed by atoms with Crippen molar-refractivity contribution >= 4 is 44.4 Å². The maximum Gasteiger partial charge on any atom is 0.249 e. The molecule has 29 heavy (non-hydrogen) atoms. The second-order valence-electron chi connectivity index (χ2n) is 7.79. The molecule has 8 heteroatoms. The van der Waals surface area contributed by atoms with Gasteiger partial charge in [-0.15, -0.1) is 0 Å². The number of nitrogens with one attached hydrogen (secondary N) is 1. The van der Waals surface area contributed by atoms with Gasteiger partial charge >= 0.3 is 0 Å². The van der Waals surface area contributed by atoms with Crippen LogP contribution in [0.4, 0.5) is 5.13 Å². The number of rotatable bonds is 5. The highest BCUT2D eigenvalue weighted by Crippen LogP contribution is 2.52. The maximum absolute atomic E-state index is 12.9. The van der Waals surface area contributed by atoms with Crippen molar-refractivity contribution in [1.82, 2.24) is 9.88 Å². The van der Waals surface area contributed by atoms with E-state index in [2.05, 4.69) is 10.3 Å². The smallest absolute Gasteiger partial charge is 0.249 e. The summed E-state index contributed by atoms with van der Waals surface area (Å²) in [5.41, 5.74) is 0.731. The van der Waals surface area contributed by atoms with Crippen LogP contribution in [0.25, 0.3) is 10.2 Å². The molecule has 1 aromatic heterocycles. The summed E-state index contributed by atoms with van der Waals surface area (Å²) in [5, 5.41) is 3.21. The van der Waals surface area contributed by atoms with E-state index < -0.39 is 11.9 Å². The van der Waals surface area contributed by atoms with E-state index in [-0.39, 0.29) is 35.5 Å². The van der Waals surface area contributed by atoms with Gasteiger partial charge in [0.2, 0.25) is 17.7 Å². The first-order valence-electron chi connectivity index (χ1n) is 9.87. The second-order valence-corrected chi connectivity index (χ2v) is 8.82. The summed E-state index contributed by atoms with van der Waals surface area (Å²) in [6, 6.07) is 4.72. The quantitative estimate of drug-likeness (QED) is 0.604. The van der Waals surface area contributed by atoms with Crippen LogP contribution in [-0.2, 0) is 14.4 Å². The average molecular weight is 411 g/mol. The summed E-state index contributed by atoms with van der Waals surface area (Å²) < 4.78 is 6.40. The molecule has 2 aliphatic carbocycles. The number of hydrogen-bond donors (Lipinski definition) is 1. The number of carbonyl (C=O) groups excluding carboxylic acids is 3. The van der Waals surface area contributed by atoms with Crippen molar-refractivity contribution in [3.05, 3.63) is 30.4 Å². The normalized spacial score (nSPS) is 28.3. The van der Waals surface area contributed by atoms with Crippen LogP contribution in [0, 0.1) is 23.7 Å². The zero-order chi connectivity index (χ0) is 20.3. The predicted octanol–water partition coefficient (Wildman–Crippen LogP) is 2.83. The van der Waals surface area contributed by atoms with E-state index in [1.54, 1.807) is 6.92 Å². The van der Waals surface area contributed by atoms with E-state index in [0.29, 0.717) is 11.7 Å². The summed E-state index contributed by atoms with van der Waals surface area (Å²) >= 11 is 1.34. The van der Waals surface area contributed by atoms with Gasteiger partial charge in [0.15, 0.2) is 5.13 Å². The Morgan fingerprint density at radius 1 is 1.28 bits per heavy atom. The van der Waals surface area contributed by atoms with E-state index in [4.69, 9.17) is 4.74 Å². The molecule has 0 unspecified atom stereocenters. The standard InChI is InChI=1S/C21H21N3O4S/c1-3-28-13-6-7-15-14(9-13)22-21(29-15)23-18(25)10(2)24-19(26)16-11-4-5-12(8-11)17(16)20(24)27/h4-7,9-12,16-17H,3,8H2,1-2H3,(H,22,23,25)/t10-,11-,12-,16-,17-/m0/s1. The number of hydrogen-bond acceptors (Lipinski definition) is 6. The largest absolute Gasteiger partial charge is 0.494 e. The van der Waals surface area contributed by atoms with Crippen LogP contribution in [0.5, 0.6) is 5.75 Å². The van der Waals surface area contributed by atoms with Gasteiger partial charge in [-0.05, 0) is 44.2 Å². The van der Waals surface area contributed by atoms with Gasteiger partial charge in [0.1, 0.15) is 11.8 Å². The first-order valence-corrected chi connectivity index (χ1v) is 10.7. The molecule has 1 N–H and O–H groups in total. The molecule has 5 rings (SSSR count). The number of aromatic nitrogens is 1. The highest BCUT2D eigenvalue weighted by Gasteiger charge is 2.60. The number of thiazole rings is 1. The lowest BCUT2D eigenvalue weighted by Gasteiger charge is -2.23. The molecule has 7 nitrogen and oxygen atoms in total. The van der Waals surface area contributed by atoms with Crippen LogP contribution < -0.4 is 10.1 Å². The molecule has 0 spiro atoms. The number of carbonyl (C=O) groups is 3. The summed E-state index contributed by atoms with van der Waals surface area (Å²) in [4.78, 5) is 44.2. The Balaban J connectivity index is 1.33. The van der Waals surface area contributed by atoms with Crippen LogP contribution in [0.3, 0.4) is 0 Å². The number of fused-ring (bicyclic) bond motifs is 6. The average Bonchev–Trinajstić information content (AvgIpc) is 3.44. The summed E-state index contributed by atoms with van der Waals surface area (Å²) in [6.45, 7) is 4.07. The molecule has 5 atom stereocenters. The van der Waals surface area contributed by atoms with Crippen LogP contribution in [-0.4, -0.2) is 40.3 Å². The molecule has 2 aromatic rings. The van der Waals surface area contributed by atoms with Gasteiger partial charge in [0, 0.05) is 6.07 Å². The summed E-state index contributed by atoms with van der Waals surface area (Å²) in [6.07, 6.45) is 4.96. The minimum Gasteiger partial charge on any atom is -0.494 e. The Morgan fingerprint density at radius 2 is 1.97 bits per heavy atom. The number of imide groups is 1. The van der Waals surface area contributed by atoms with E-state index in [1.807, 2.05) is 37.3 Å². The topological polar surface area (TPSA) is 88.6 Å². The van der Waals surface area contributed by atoms with Gasteiger partial charge in [-0.1, -0.05) is 23.5 Å². The molecular weight excluding hydrogens is 390 g/mol. The number of amides is 3. The van der Waals surface area contributed by atoms with Crippen LogP contribution in [0.2, 0.25) is 0 Å². The van der Waals surface area contributed by atoms with E-state index in [1.165, 1.54) is 11.3 Å². The first-order chi connectivity index (χ1) is 14.0. The minimum atomic E-state index is -0.869. The third-order valence-electron chi connectivity index (χ3n) is 6.17. The van der Waals surface area contributed by atoms with Crippen molar-refractivity contribution in [1.29, 1.82) is 0 Å². The lowest BCUT2D eigenvalue weighted by molar-refractivity contribution is -0.146. The van der Waals surface area contributed by atoms with Crippen LogP contribution >= 0.6 is 11.3 Å². The Bertz CT molecular complexity index is 1030. The Morgan fingerprint density at radius 3 is 2.62 bits per heavy atom. The van der Waals surface area contributed by atoms with Gasteiger partial charge < -0.3 is 10.1 Å². The highest BCUT2D eigenvalue weighted by molar-refractivity contribution is 7.22. The van der Waals surface area contributed by atoms with Crippen LogP contribution in [0.15, 0.2) is 30.4 Å². The Hall–Kier alpha value is -2.74. The molecule has 1 saturated heterocycles. The SMILES string of the molecule is CCOc1ccc2sc(NC(=O)[C@H](C)N3C(=O)[C@@H]4[C@@H](C3=O)[C@H]3C=C[C@H]4C3)nc2c1. The van der Waals surface area contributed by atoms with Crippen molar-refractivity contribution in [2.75, 3.05) is 11.9 Å². The molecule has 2 bridgehead atoms. The number of nitrogens with zero attached hydrogens (tertiary/aromatic N) is 2. The molecule has 2 heterocycles. The maximum atomic E-state index is 12.9. The fourth-order valence-electron chi connectivity index (χ4n) is 4.85. The second kappa shape index (κ2) is 6.66. The first kappa shape index (κ1) is 18.3. The van der Waals surface area contributed by atoms with Gasteiger partial charge in [-0.2, -0.15) is 0 Å². The fraction of sp³-hybridized carbons (Fsp3) is 0.429. The Kier molecular flexibility index (Phi) is 4.20. The van der Waals surface area contributed by atoms with E-state index in [9.17, 15) is 14.4 Å².